The molecule has 1 aromatic carbocycles. The number of pyridine rings is 1. The van der Waals surface area contributed by atoms with Crippen molar-refractivity contribution in [3.8, 4) is 11.1 Å². The average Bonchev–Trinajstić information content (AvgIpc) is 2.52. The highest BCUT2D eigenvalue weighted by Gasteiger charge is 2.61. The number of sulfonamides is 1. The lowest BCUT2D eigenvalue weighted by Crippen LogP contribution is -2.62. The number of aromatic nitrogens is 1. The van der Waals surface area contributed by atoms with E-state index in [4.69, 9.17) is 0 Å². The summed E-state index contributed by atoms with van der Waals surface area (Å²) in [6, 6.07) is 7.10. The van der Waals surface area contributed by atoms with Gasteiger partial charge in [0.15, 0.2) is 5.60 Å². The molecule has 140 valence electrons. The molecule has 0 atom stereocenters. The van der Waals surface area contributed by atoms with Crippen molar-refractivity contribution < 1.29 is 26.7 Å². The standard InChI is InChI=1S/C17H17F3N2O3S/c1-11-4-2-6-14(15(11)12-5-3-7-21-10-12)26(24,25)22-13-8-16(23,9-13)17(18,19)20/h2-7,10,13,22-23H,8-9H2,1H3. The lowest BCUT2D eigenvalue weighted by atomic mass is 9.76. The van der Waals surface area contributed by atoms with Gasteiger partial charge in [0.25, 0.3) is 0 Å². The van der Waals surface area contributed by atoms with Gasteiger partial charge in [-0.3, -0.25) is 4.98 Å². The van der Waals surface area contributed by atoms with E-state index in [9.17, 15) is 26.7 Å². The van der Waals surface area contributed by atoms with Crippen molar-refractivity contribution in [3.05, 3.63) is 48.3 Å². The van der Waals surface area contributed by atoms with Gasteiger partial charge in [0.05, 0.1) is 4.90 Å². The number of halogens is 3. The Kier molecular flexibility index (Phi) is 4.58. The minimum atomic E-state index is -4.78. The third kappa shape index (κ3) is 3.34. The normalized spacial score (nSPS) is 23.5. The van der Waals surface area contributed by atoms with Crippen molar-refractivity contribution in [2.45, 2.75) is 42.5 Å². The van der Waals surface area contributed by atoms with Crippen molar-refractivity contribution in [3.63, 3.8) is 0 Å². The van der Waals surface area contributed by atoms with Crippen molar-refractivity contribution in [1.29, 1.82) is 0 Å². The number of rotatable bonds is 4. The van der Waals surface area contributed by atoms with Crippen molar-refractivity contribution >= 4 is 10.0 Å². The van der Waals surface area contributed by atoms with E-state index >= 15 is 0 Å². The largest absolute Gasteiger partial charge is 0.417 e. The van der Waals surface area contributed by atoms with E-state index in [-0.39, 0.29) is 4.90 Å². The highest BCUT2D eigenvalue weighted by atomic mass is 32.2. The third-order valence-corrected chi connectivity index (χ3v) is 6.05. The first kappa shape index (κ1) is 18.8. The summed E-state index contributed by atoms with van der Waals surface area (Å²) in [6.45, 7) is 1.74. The van der Waals surface area contributed by atoms with E-state index in [1.807, 2.05) is 0 Å². The van der Waals surface area contributed by atoms with E-state index in [0.29, 0.717) is 16.7 Å². The zero-order valence-electron chi connectivity index (χ0n) is 13.8. The fraction of sp³-hybridized carbons (Fsp3) is 0.353. The molecule has 3 rings (SSSR count). The van der Waals surface area contributed by atoms with Crippen molar-refractivity contribution in [1.82, 2.24) is 9.71 Å². The molecule has 1 aliphatic carbocycles. The van der Waals surface area contributed by atoms with Gasteiger partial charge >= 0.3 is 6.18 Å². The van der Waals surface area contributed by atoms with Gasteiger partial charge in [0, 0.05) is 42.4 Å². The zero-order valence-corrected chi connectivity index (χ0v) is 14.6. The summed E-state index contributed by atoms with van der Waals surface area (Å²) in [4.78, 5) is 3.95. The van der Waals surface area contributed by atoms with Crippen LogP contribution in [0.3, 0.4) is 0 Å². The Bertz CT molecular complexity index is 909. The predicted octanol–water partition coefficient (Wildman–Crippen LogP) is 2.79. The summed E-state index contributed by atoms with van der Waals surface area (Å²) >= 11 is 0. The van der Waals surface area contributed by atoms with E-state index in [1.54, 1.807) is 37.4 Å². The van der Waals surface area contributed by atoms with Crippen LogP contribution in [0.4, 0.5) is 13.2 Å². The molecule has 2 aromatic rings. The van der Waals surface area contributed by atoms with Crippen molar-refractivity contribution in [2.24, 2.45) is 0 Å². The molecule has 1 heterocycles. The minimum absolute atomic E-state index is 0.0343. The predicted molar refractivity (Wildman–Crippen MR) is 88.8 cm³/mol. The summed E-state index contributed by atoms with van der Waals surface area (Å²) in [5.41, 5.74) is -1.11. The molecule has 9 heteroatoms. The highest BCUT2D eigenvalue weighted by molar-refractivity contribution is 7.89. The molecule has 1 saturated carbocycles. The monoisotopic (exact) mass is 386 g/mol. The van der Waals surface area contributed by atoms with Crippen LogP contribution in [-0.2, 0) is 10.0 Å². The molecular formula is C17H17F3N2O3S. The number of hydrogen-bond donors (Lipinski definition) is 2. The Morgan fingerprint density at radius 1 is 1.23 bits per heavy atom. The summed E-state index contributed by atoms with van der Waals surface area (Å²) in [6.07, 6.45) is -3.11. The molecule has 0 aliphatic heterocycles. The van der Waals surface area contributed by atoms with Crippen LogP contribution in [0.1, 0.15) is 18.4 Å². The Labute approximate surface area is 148 Å². The van der Waals surface area contributed by atoms with Gasteiger partial charge in [-0.1, -0.05) is 18.2 Å². The molecule has 1 fully saturated rings. The molecule has 5 nitrogen and oxygen atoms in total. The van der Waals surface area contributed by atoms with E-state index in [1.165, 1.54) is 12.3 Å². The zero-order chi connectivity index (χ0) is 19.2. The van der Waals surface area contributed by atoms with Crippen LogP contribution in [0.25, 0.3) is 11.1 Å². The minimum Gasteiger partial charge on any atom is -0.380 e. The van der Waals surface area contributed by atoms with Crippen LogP contribution in [0.2, 0.25) is 0 Å². The number of nitrogens with one attached hydrogen (secondary N) is 1. The van der Waals surface area contributed by atoms with Crippen molar-refractivity contribution in [2.75, 3.05) is 0 Å². The van der Waals surface area contributed by atoms with Gasteiger partial charge in [0.1, 0.15) is 0 Å². The number of nitrogens with zero attached hydrogens (tertiary/aromatic N) is 1. The second-order valence-electron chi connectivity index (χ2n) is 6.45. The fourth-order valence-electron chi connectivity index (χ4n) is 3.10. The second kappa shape index (κ2) is 6.33. The molecule has 0 bridgehead atoms. The number of aryl methyl sites for hydroxylation is 1. The van der Waals surface area contributed by atoms with Gasteiger partial charge in [0.2, 0.25) is 10.0 Å². The fourth-order valence-corrected chi connectivity index (χ4v) is 4.64. The first-order valence-electron chi connectivity index (χ1n) is 7.85. The Morgan fingerprint density at radius 2 is 1.92 bits per heavy atom. The summed E-state index contributed by atoms with van der Waals surface area (Å²) < 4.78 is 65.9. The quantitative estimate of drug-likeness (QED) is 0.847. The lowest BCUT2D eigenvalue weighted by molar-refractivity contribution is -0.290. The van der Waals surface area contributed by atoms with Crippen LogP contribution in [-0.4, -0.2) is 36.3 Å². The maximum Gasteiger partial charge on any atom is 0.417 e. The van der Waals surface area contributed by atoms with Gasteiger partial charge in [-0.25, -0.2) is 13.1 Å². The Balaban J connectivity index is 1.89. The smallest absolute Gasteiger partial charge is 0.380 e. The first-order valence-corrected chi connectivity index (χ1v) is 9.33. The summed E-state index contributed by atoms with van der Waals surface area (Å²) in [5.74, 6) is 0. The lowest BCUT2D eigenvalue weighted by Gasteiger charge is -2.44. The molecule has 2 N–H and O–H groups in total. The van der Waals surface area contributed by atoms with Crippen LogP contribution in [0.15, 0.2) is 47.6 Å². The molecular weight excluding hydrogens is 369 g/mol. The molecule has 1 aromatic heterocycles. The second-order valence-corrected chi connectivity index (χ2v) is 8.13. The van der Waals surface area contributed by atoms with Gasteiger partial charge in [-0.2, -0.15) is 13.2 Å². The molecule has 26 heavy (non-hydrogen) atoms. The molecule has 0 radical (unpaired) electrons. The maximum atomic E-state index is 12.7. The van der Waals surface area contributed by atoms with Crippen LogP contribution >= 0.6 is 0 Å². The average molecular weight is 386 g/mol. The number of hydrogen-bond acceptors (Lipinski definition) is 4. The third-order valence-electron chi connectivity index (χ3n) is 4.49. The summed E-state index contributed by atoms with van der Waals surface area (Å²) in [7, 11) is -4.07. The van der Waals surface area contributed by atoms with E-state index in [0.717, 1.165) is 0 Å². The Morgan fingerprint density at radius 3 is 2.50 bits per heavy atom. The highest BCUT2D eigenvalue weighted by Crippen LogP contribution is 2.45. The first-order chi connectivity index (χ1) is 12.0. The van der Waals surface area contributed by atoms with Gasteiger partial charge < -0.3 is 5.11 Å². The van der Waals surface area contributed by atoms with Gasteiger partial charge in [-0.05, 0) is 24.6 Å². The summed E-state index contributed by atoms with van der Waals surface area (Å²) in [5, 5.41) is 9.49. The molecule has 0 unspecified atom stereocenters. The molecule has 0 saturated heterocycles. The SMILES string of the molecule is Cc1cccc(S(=O)(=O)NC2CC(O)(C(F)(F)F)C2)c1-c1cccnc1. The maximum absolute atomic E-state index is 12.7. The number of alkyl halides is 3. The number of aliphatic hydroxyl groups is 1. The topological polar surface area (TPSA) is 79.3 Å². The number of benzene rings is 1. The van der Waals surface area contributed by atoms with Crippen LogP contribution in [0.5, 0.6) is 0 Å². The van der Waals surface area contributed by atoms with E-state index in [2.05, 4.69) is 9.71 Å². The van der Waals surface area contributed by atoms with Crippen LogP contribution in [0, 0.1) is 6.92 Å². The molecule has 0 spiro atoms. The Hall–Kier alpha value is -1.97. The molecule has 1 aliphatic rings. The molecule has 0 amide bonds. The van der Waals surface area contributed by atoms with Gasteiger partial charge in [-0.15, -0.1) is 0 Å². The van der Waals surface area contributed by atoms with E-state index < -0.39 is 40.7 Å². The van der Waals surface area contributed by atoms with Crippen LogP contribution < -0.4 is 4.72 Å².